The van der Waals surface area contributed by atoms with Crippen LogP contribution in [0.4, 0.5) is 5.95 Å². The molecule has 1 aliphatic rings. The van der Waals surface area contributed by atoms with Gasteiger partial charge in [0.15, 0.2) is 0 Å². The van der Waals surface area contributed by atoms with E-state index in [1.165, 1.54) is 24.8 Å². The number of benzene rings is 1. The molecule has 0 amide bonds. The van der Waals surface area contributed by atoms with Crippen molar-refractivity contribution in [2.45, 2.75) is 38.1 Å². The Kier molecular flexibility index (Phi) is 6.35. The van der Waals surface area contributed by atoms with Crippen LogP contribution in [0.5, 0.6) is 0 Å². The number of piperidine rings is 1. The number of nitrogens with one attached hydrogen (secondary N) is 1. The molecule has 3 aromatic rings. The van der Waals surface area contributed by atoms with Crippen LogP contribution >= 0.6 is 0 Å². The number of furan rings is 1. The van der Waals surface area contributed by atoms with Crippen LogP contribution in [-0.2, 0) is 6.54 Å². The highest BCUT2D eigenvalue weighted by Crippen LogP contribution is 2.27. The minimum atomic E-state index is 0.265. The molecule has 28 heavy (non-hydrogen) atoms. The molecule has 0 bridgehead atoms. The standard InChI is InChI=1S/C23H28N4O/c1-3-8-20(9-4-1)21(22-10-7-15-28-22)11-12-24-16-19-17-25-23(26-18-19)27-13-5-2-6-14-27/h1,3-4,7-10,15,17-18,21,24H,2,5-6,11-14,16H2. The van der Waals surface area contributed by atoms with Gasteiger partial charge >= 0.3 is 0 Å². The van der Waals surface area contributed by atoms with Crippen LogP contribution in [0.3, 0.4) is 0 Å². The molecule has 3 heterocycles. The van der Waals surface area contributed by atoms with E-state index in [2.05, 4.69) is 56.6 Å². The van der Waals surface area contributed by atoms with Crippen LogP contribution in [0, 0.1) is 0 Å². The maximum absolute atomic E-state index is 5.68. The average molecular weight is 377 g/mol. The Labute approximate surface area is 166 Å². The zero-order valence-corrected chi connectivity index (χ0v) is 16.3. The third-order valence-corrected chi connectivity index (χ3v) is 5.36. The van der Waals surface area contributed by atoms with Crippen molar-refractivity contribution in [3.05, 3.63) is 78.0 Å². The molecule has 2 aromatic heterocycles. The van der Waals surface area contributed by atoms with Gasteiger partial charge in [-0.3, -0.25) is 0 Å². The van der Waals surface area contributed by atoms with E-state index < -0.39 is 0 Å². The van der Waals surface area contributed by atoms with Crippen LogP contribution in [-0.4, -0.2) is 29.6 Å². The highest BCUT2D eigenvalue weighted by Gasteiger charge is 2.16. The normalized spacial score (nSPS) is 15.5. The summed E-state index contributed by atoms with van der Waals surface area (Å²) in [6.45, 7) is 3.82. The number of rotatable bonds is 8. The molecule has 1 aliphatic heterocycles. The van der Waals surface area contributed by atoms with Gasteiger partial charge in [-0.05, 0) is 49.9 Å². The fourth-order valence-electron chi connectivity index (χ4n) is 3.82. The van der Waals surface area contributed by atoms with Crippen LogP contribution in [0.15, 0.2) is 65.5 Å². The lowest BCUT2D eigenvalue weighted by Crippen LogP contribution is -2.31. The smallest absolute Gasteiger partial charge is 0.225 e. The summed E-state index contributed by atoms with van der Waals surface area (Å²) in [5.41, 5.74) is 2.41. The van der Waals surface area contributed by atoms with Crippen LogP contribution in [0.2, 0.25) is 0 Å². The Balaban J connectivity index is 1.29. The van der Waals surface area contributed by atoms with Crippen molar-refractivity contribution >= 4 is 5.95 Å². The topological polar surface area (TPSA) is 54.2 Å². The molecule has 5 heteroatoms. The van der Waals surface area contributed by atoms with E-state index in [1.807, 2.05) is 18.5 Å². The van der Waals surface area contributed by atoms with E-state index in [0.29, 0.717) is 0 Å². The van der Waals surface area contributed by atoms with Gasteiger partial charge in [-0.15, -0.1) is 0 Å². The molecule has 0 spiro atoms. The summed E-state index contributed by atoms with van der Waals surface area (Å²) in [6.07, 6.45) is 10.4. The van der Waals surface area contributed by atoms with Gasteiger partial charge in [0.1, 0.15) is 5.76 Å². The molecule has 5 nitrogen and oxygen atoms in total. The van der Waals surface area contributed by atoms with Crippen molar-refractivity contribution in [3.63, 3.8) is 0 Å². The molecule has 0 aliphatic carbocycles. The monoisotopic (exact) mass is 376 g/mol. The molecular formula is C23H28N4O. The lowest BCUT2D eigenvalue weighted by atomic mass is 9.93. The Morgan fingerprint density at radius 3 is 2.46 bits per heavy atom. The molecule has 1 N–H and O–H groups in total. The third kappa shape index (κ3) is 4.78. The summed E-state index contributed by atoms with van der Waals surface area (Å²) < 4.78 is 5.68. The fourth-order valence-corrected chi connectivity index (χ4v) is 3.82. The van der Waals surface area contributed by atoms with Gasteiger partial charge in [0.05, 0.1) is 6.26 Å². The van der Waals surface area contributed by atoms with Gasteiger partial charge in [-0.1, -0.05) is 30.3 Å². The van der Waals surface area contributed by atoms with E-state index in [0.717, 1.165) is 49.9 Å². The quantitative estimate of drug-likeness (QED) is 0.592. The lowest BCUT2D eigenvalue weighted by molar-refractivity contribution is 0.466. The van der Waals surface area contributed by atoms with Gasteiger partial charge < -0.3 is 14.6 Å². The van der Waals surface area contributed by atoms with E-state index in [1.54, 1.807) is 6.26 Å². The first-order valence-electron chi connectivity index (χ1n) is 10.2. The van der Waals surface area contributed by atoms with Crippen molar-refractivity contribution in [1.82, 2.24) is 15.3 Å². The summed E-state index contributed by atoms with van der Waals surface area (Å²) in [7, 11) is 0. The Morgan fingerprint density at radius 2 is 1.75 bits per heavy atom. The van der Waals surface area contributed by atoms with Gasteiger partial charge in [-0.2, -0.15) is 0 Å². The predicted molar refractivity (Wildman–Crippen MR) is 111 cm³/mol. The number of aromatic nitrogens is 2. The van der Waals surface area contributed by atoms with Gasteiger partial charge in [0.2, 0.25) is 5.95 Å². The molecule has 146 valence electrons. The van der Waals surface area contributed by atoms with Crippen molar-refractivity contribution < 1.29 is 4.42 Å². The Bertz CT molecular complexity index is 812. The maximum atomic E-state index is 5.68. The first-order chi connectivity index (χ1) is 13.9. The summed E-state index contributed by atoms with van der Waals surface area (Å²) in [6, 6.07) is 14.6. The molecule has 1 unspecified atom stereocenters. The first kappa shape index (κ1) is 18.7. The van der Waals surface area contributed by atoms with Crippen molar-refractivity contribution in [1.29, 1.82) is 0 Å². The van der Waals surface area contributed by atoms with E-state index in [4.69, 9.17) is 4.42 Å². The van der Waals surface area contributed by atoms with Crippen molar-refractivity contribution in [3.8, 4) is 0 Å². The second-order valence-corrected chi connectivity index (χ2v) is 7.38. The molecule has 0 saturated carbocycles. The van der Waals surface area contributed by atoms with Gasteiger partial charge in [0, 0.05) is 43.5 Å². The Hall–Kier alpha value is -2.66. The van der Waals surface area contributed by atoms with E-state index in [9.17, 15) is 0 Å². The molecule has 4 rings (SSSR count). The van der Waals surface area contributed by atoms with Gasteiger partial charge in [-0.25, -0.2) is 9.97 Å². The molecule has 0 radical (unpaired) electrons. The SMILES string of the molecule is c1ccc(C(CCNCc2cnc(N3CCCCC3)nc2)c2ccco2)cc1. The second-order valence-electron chi connectivity index (χ2n) is 7.38. The number of anilines is 1. The zero-order chi connectivity index (χ0) is 19.0. The van der Waals surface area contributed by atoms with Crippen LogP contribution in [0.25, 0.3) is 0 Å². The lowest BCUT2D eigenvalue weighted by Gasteiger charge is -2.26. The largest absolute Gasteiger partial charge is 0.469 e. The molecule has 1 fully saturated rings. The van der Waals surface area contributed by atoms with E-state index in [-0.39, 0.29) is 5.92 Å². The molecule has 1 saturated heterocycles. The number of nitrogens with zero attached hydrogens (tertiary/aromatic N) is 3. The van der Waals surface area contributed by atoms with Gasteiger partial charge in [0.25, 0.3) is 0 Å². The summed E-state index contributed by atoms with van der Waals surface area (Å²) in [4.78, 5) is 11.4. The minimum absolute atomic E-state index is 0.265. The summed E-state index contributed by atoms with van der Waals surface area (Å²) >= 11 is 0. The molecule has 1 atom stereocenters. The molecule has 1 aromatic carbocycles. The molecular weight excluding hydrogens is 348 g/mol. The number of hydrogen-bond donors (Lipinski definition) is 1. The van der Waals surface area contributed by atoms with Crippen molar-refractivity contribution in [2.24, 2.45) is 0 Å². The second kappa shape index (κ2) is 9.51. The predicted octanol–water partition coefficient (Wildman–Crippen LogP) is 4.37. The summed E-state index contributed by atoms with van der Waals surface area (Å²) in [5, 5.41) is 3.53. The first-order valence-corrected chi connectivity index (χ1v) is 10.2. The summed E-state index contributed by atoms with van der Waals surface area (Å²) in [5.74, 6) is 2.15. The van der Waals surface area contributed by atoms with Crippen molar-refractivity contribution in [2.75, 3.05) is 24.5 Å². The fraction of sp³-hybridized carbons (Fsp3) is 0.391. The number of hydrogen-bond acceptors (Lipinski definition) is 5. The third-order valence-electron chi connectivity index (χ3n) is 5.36. The minimum Gasteiger partial charge on any atom is -0.469 e. The zero-order valence-electron chi connectivity index (χ0n) is 16.3. The van der Waals surface area contributed by atoms with Crippen LogP contribution in [0.1, 0.15) is 48.5 Å². The average Bonchev–Trinajstić information content (AvgIpc) is 3.30. The highest BCUT2D eigenvalue weighted by molar-refractivity contribution is 5.30. The van der Waals surface area contributed by atoms with E-state index >= 15 is 0 Å². The Morgan fingerprint density at radius 1 is 0.964 bits per heavy atom. The van der Waals surface area contributed by atoms with Crippen LogP contribution < -0.4 is 10.2 Å². The maximum Gasteiger partial charge on any atom is 0.225 e. The highest BCUT2D eigenvalue weighted by atomic mass is 16.3.